The van der Waals surface area contributed by atoms with Gasteiger partial charge in [0.05, 0.1) is 0 Å². The lowest BCUT2D eigenvalue weighted by atomic mass is 10.1. The summed E-state index contributed by atoms with van der Waals surface area (Å²) in [4.78, 5) is 11.4. The van der Waals surface area contributed by atoms with E-state index in [1.807, 2.05) is 30.5 Å². The smallest absolute Gasteiger partial charge is 0.224 e. The van der Waals surface area contributed by atoms with E-state index in [0.717, 1.165) is 18.8 Å². The Morgan fingerprint density at radius 2 is 1.83 bits per heavy atom. The molecule has 0 saturated heterocycles. The maximum Gasteiger partial charge on any atom is 0.224 e. The van der Waals surface area contributed by atoms with Gasteiger partial charge < -0.3 is 10.2 Å². The van der Waals surface area contributed by atoms with Crippen LogP contribution < -0.4 is 10.2 Å². The van der Waals surface area contributed by atoms with Crippen LogP contribution in [0.5, 0.6) is 0 Å². The van der Waals surface area contributed by atoms with Crippen molar-refractivity contribution < 1.29 is 0 Å². The van der Waals surface area contributed by atoms with Gasteiger partial charge in [0.25, 0.3) is 0 Å². The number of hydrogen-bond donors (Lipinski definition) is 1. The summed E-state index contributed by atoms with van der Waals surface area (Å²) in [5, 5.41) is 3.31. The van der Waals surface area contributed by atoms with E-state index in [1.165, 1.54) is 16.8 Å². The van der Waals surface area contributed by atoms with Gasteiger partial charge in [-0.2, -0.15) is 4.98 Å². The molecule has 2 aromatic carbocycles. The van der Waals surface area contributed by atoms with Crippen molar-refractivity contribution in [2.75, 3.05) is 10.2 Å². The van der Waals surface area contributed by atoms with Crippen LogP contribution in [0.3, 0.4) is 0 Å². The molecule has 1 unspecified atom stereocenters. The lowest BCUT2D eigenvalue weighted by Crippen LogP contribution is -2.25. The fraction of sp³-hybridized carbons (Fsp3) is 0.200. The molecule has 24 heavy (non-hydrogen) atoms. The van der Waals surface area contributed by atoms with Crippen LogP contribution in [0.25, 0.3) is 0 Å². The molecular weight excluding hydrogens is 296 g/mol. The van der Waals surface area contributed by atoms with Crippen molar-refractivity contribution in [1.29, 1.82) is 0 Å². The standard InChI is InChI=1S/C20H20N4/c1-15-13-17-9-5-6-10-18(17)24(15)19-11-12-21-20(23-19)22-14-16-7-3-2-4-8-16/h2-12,15H,13-14H2,1H3,(H,21,22,23). The van der Waals surface area contributed by atoms with E-state index in [1.54, 1.807) is 0 Å². The number of nitrogens with zero attached hydrogens (tertiary/aromatic N) is 3. The Labute approximate surface area is 142 Å². The van der Waals surface area contributed by atoms with Crippen LogP contribution in [0, 0.1) is 0 Å². The number of hydrogen-bond acceptors (Lipinski definition) is 4. The molecule has 0 saturated carbocycles. The molecule has 120 valence electrons. The number of para-hydroxylation sites is 1. The summed E-state index contributed by atoms with van der Waals surface area (Å²) < 4.78 is 0. The molecule has 4 nitrogen and oxygen atoms in total. The first kappa shape index (κ1) is 14.7. The van der Waals surface area contributed by atoms with Crippen molar-refractivity contribution in [3.8, 4) is 0 Å². The zero-order valence-electron chi connectivity index (χ0n) is 13.7. The third-order valence-corrected chi connectivity index (χ3v) is 4.39. The van der Waals surface area contributed by atoms with E-state index < -0.39 is 0 Å². The van der Waals surface area contributed by atoms with Crippen LogP contribution in [0.2, 0.25) is 0 Å². The van der Waals surface area contributed by atoms with E-state index in [4.69, 9.17) is 4.98 Å². The van der Waals surface area contributed by atoms with Gasteiger partial charge in [-0.05, 0) is 36.6 Å². The molecule has 0 spiro atoms. The van der Waals surface area contributed by atoms with Crippen LogP contribution in [0.1, 0.15) is 18.1 Å². The molecule has 0 aliphatic carbocycles. The summed E-state index contributed by atoms with van der Waals surface area (Å²) in [6, 6.07) is 21.2. The van der Waals surface area contributed by atoms with Crippen molar-refractivity contribution in [2.24, 2.45) is 0 Å². The fourth-order valence-corrected chi connectivity index (χ4v) is 3.26. The molecule has 1 atom stereocenters. The Hall–Kier alpha value is -2.88. The highest BCUT2D eigenvalue weighted by atomic mass is 15.3. The molecule has 3 aromatic rings. The summed E-state index contributed by atoms with van der Waals surface area (Å²) in [6.07, 6.45) is 2.87. The van der Waals surface area contributed by atoms with Crippen LogP contribution >= 0.6 is 0 Å². The SMILES string of the molecule is CC1Cc2ccccc2N1c1ccnc(NCc2ccccc2)n1. The van der Waals surface area contributed by atoms with Crippen molar-refractivity contribution >= 4 is 17.5 Å². The largest absolute Gasteiger partial charge is 0.350 e. The quantitative estimate of drug-likeness (QED) is 0.784. The van der Waals surface area contributed by atoms with Crippen molar-refractivity contribution in [1.82, 2.24) is 9.97 Å². The van der Waals surface area contributed by atoms with E-state index in [9.17, 15) is 0 Å². The first-order valence-corrected chi connectivity index (χ1v) is 8.29. The number of anilines is 3. The average molecular weight is 316 g/mol. The lowest BCUT2D eigenvalue weighted by molar-refractivity contribution is 0.749. The molecule has 1 N–H and O–H groups in total. The van der Waals surface area contributed by atoms with Crippen LogP contribution in [-0.2, 0) is 13.0 Å². The second-order valence-electron chi connectivity index (χ2n) is 6.13. The van der Waals surface area contributed by atoms with Crippen LogP contribution in [0.4, 0.5) is 17.5 Å². The first-order chi connectivity index (χ1) is 11.8. The summed E-state index contributed by atoms with van der Waals surface area (Å²) >= 11 is 0. The second kappa shape index (κ2) is 6.32. The summed E-state index contributed by atoms with van der Waals surface area (Å²) in [7, 11) is 0. The number of rotatable bonds is 4. The Kier molecular flexibility index (Phi) is 3.87. The summed E-state index contributed by atoms with van der Waals surface area (Å²) in [5.41, 5.74) is 3.84. The van der Waals surface area contributed by atoms with E-state index >= 15 is 0 Å². The predicted molar refractivity (Wildman–Crippen MR) is 97.5 cm³/mol. The molecular formula is C20H20N4. The molecule has 0 amide bonds. The molecule has 4 rings (SSSR count). The minimum absolute atomic E-state index is 0.402. The summed E-state index contributed by atoms with van der Waals surface area (Å²) in [5.74, 6) is 1.60. The van der Waals surface area contributed by atoms with Gasteiger partial charge in [-0.3, -0.25) is 0 Å². The predicted octanol–water partition coefficient (Wildman–Crippen LogP) is 4.17. The van der Waals surface area contributed by atoms with E-state index in [-0.39, 0.29) is 0 Å². The van der Waals surface area contributed by atoms with Crippen molar-refractivity contribution in [3.63, 3.8) is 0 Å². The molecule has 0 bridgehead atoms. The highest BCUT2D eigenvalue weighted by molar-refractivity contribution is 5.69. The monoisotopic (exact) mass is 316 g/mol. The van der Waals surface area contributed by atoms with Gasteiger partial charge in [0.15, 0.2) is 0 Å². The molecule has 0 radical (unpaired) electrons. The van der Waals surface area contributed by atoms with Crippen LogP contribution in [-0.4, -0.2) is 16.0 Å². The number of benzene rings is 2. The third-order valence-electron chi connectivity index (χ3n) is 4.39. The van der Waals surface area contributed by atoms with Crippen molar-refractivity contribution in [3.05, 3.63) is 78.0 Å². The van der Waals surface area contributed by atoms with Gasteiger partial charge in [-0.1, -0.05) is 48.5 Å². The molecule has 2 heterocycles. The lowest BCUT2D eigenvalue weighted by Gasteiger charge is -2.24. The minimum Gasteiger partial charge on any atom is -0.350 e. The topological polar surface area (TPSA) is 41.1 Å². The first-order valence-electron chi connectivity index (χ1n) is 8.29. The van der Waals surface area contributed by atoms with Crippen LogP contribution in [0.15, 0.2) is 66.9 Å². The maximum atomic E-state index is 4.72. The number of aromatic nitrogens is 2. The van der Waals surface area contributed by atoms with Gasteiger partial charge >= 0.3 is 0 Å². The molecule has 1 aliphatic heterocycles. The van der Waals surface area contributed by atoms with E-state index in [2.05, 4.69) is 58.5 Å². The summed E-state index contributed by atoms with van der Waals surface area (Å²) in [6.45, 7) is 2.95. The van der Waals surface area contributed by atoms with Gasteiger partial charge in [0, 0.05) is 24.5 Å². The molecule has 4 heteroatoms. The zero-order chi connectivity index (χ0) is 16.4. The highest BCUT2D eigenvalue weighted by Gasteiger charge is 2.27. The third kappa shape index (κ3) is 2.83. The second-order valence-corrected chi connectivity index (χ2v) is 6.13. The van der Waals surface area contributed by atoms with Crippen molar-refractivity contribution in [2.45, 2.75) is 25.9 Å². The Balaban J connectivity index is 1.57. The van der Waals surface area contributed by atoms with Gasteiger partial charge in [-0.25, -0.2) is 4.98 Å². The highest BCUT2D eigenvalue weighted by Crippen LogP contribution is 2.37. The normalized spacial score (nSPS) is 16.0. The molecule has 1 aromatic heterocycles. The number of nitrogens with one attached hydrogen (secondary N) is 1. The maximum absolute atomic E-state index is 4.72. The van der Waals surface area contributed by atoms with E-state index in [0.29, 0.717) is 12.0 Å². The molecule has 0 fully saturated rings. The Morgan fingerprint density at radius 1 is 1.04 bits per heavy atom. The Bertz CT molecular complexity index is 832. The number of fused-ring (bicyclic) bond motifs is 1. The molecule has 1 aliphatic rings. The Morgan fingerprint density at radius 3 is 2.71 bits per heavy atom. The van der Waals surface area contributed by atoms with Gasteiger partial charge in [0.2, 0.25) is 5.95 Å². The van der Waals surface area contributed by atoms with Gasteiger partial charge in [0.1, 0.15) is 5.82 Å². The zero-order valence-corrected chi connectivity index (χ0v) is 13.7. The minimum atomic E-state index is 0.402. The average Bonchev–Trinajstić information content (AvgIpc) is 2.97. The van der Waals surface area contributed by atoms with Gasteiger partial charge in [-0.15, -0.1) is 0 Å². The fourth-order valence-electron chi connectivity index (χ4n) is 3.26.